The second-order valence-corrected chi connectivity index (χ2v) is 10.1. The zero-order chi connectivity index (χ0) is 27.0. The number of rotatable bonds is 8. The minimum Gasteiger partial charge on any atom is -0.493 e. The SMILES string of the molecule is COCC1(N)CN(c2ncc(-c3n[nH]c4cc(OC)c(O[C@H](C)c5c(Cl)cncc5Cl)cc34)cc2C#N)C1. The van der Waals surface area contributed by atoms with E-state index in [2.05, 4.69) is 26.2 Å². The van der Waals surface area contributed by atoms with Crippen molar-refractivity contribution in [3.63, 3.8) is 0 Å². The fraction of sp³-hybridized carbons (Fsp3) is 0.308. The first-order valence-corrected chi connectivity index (χ1v) is 12.5. The smallest absolute Gasteiger partial charge is 0.162 e. The molecule has 0 aliphatic carbocycles. The number of nitrogens with one attached hydrogen (secondary N) is 1. The number of benzene rings is 1. The summed E-state index contributed by atoms with van der Waals surface area (Å²) in [5.74, 6) is 1.56. The lowest BCUT2D eigenvalue weighted by molar-refractivity contribution is 0.114. The summed E-state index contributed by atoms with van der Waals surface area (Å²) < 4.78 is 17.0. The number of nitriles is 1. The van der Waals surface area contributed by atoms with E-state index in [4.69, 9.17) is 43.1 Å². The molecular formula is C26H25Cl2N7O3. The standard InChI is InChI=1S/C26H25Cl2N7O3/c1-14(23-18(27)9-31-10-19(23)28)38-22-5-17-20(6-21(22)37-3)33-34-24(17)16-4-15(7-29)25(32-8-16)35-11-26(30,12-35)13-36-2/h4-6,8-10,14H,11-13,30H2,1-3H3,(H,33,34)/t14-/m1/s1. The van der Waals surface area contributed by atoms with Crippen LogP contribution < -0.4 is 20.1 Å². The lowest BCUT2D eigenvalue weighted by Gasteiger charge is -2.48. The molecule has 1 atom stereocenters. The summed E-state index contributed by atoms with van der Waals surface area (Å²) in [5, 5.41) is 18.9. The van der Waals surface area contributed by atoms with E-state index in [1.165, 1.54) is 12.4 Å². The Morgan fingerprint density at radius 1 is 1.16 bits per heavy atom. The molecule has 1 aliphatic rings. The van der Waals surface area contributed by atoms with Crippen LogP contribution in [0.15, 0.2) is 36.8 Å². The molecule has 1 saturated heterocycles. The number of ether oxygens (including phenoxy) is 3. The average Bonchev–Trinajstić information content (AvgIpc) is 3.29. The summed E-state index contributed by atoms with van der Waals surface area (Å²) in [4.78, 5) is 10.6. The van der Waals surface area contributed by atoms with Gasteiger partial charge in [-0.2, -0.15) is 10.4 Å². The number of hydrogen-bond acceptors (Lipinski definition) is 9. The monoisotopic (exact) mass is 553 g/mol. The second-order valence-electron chi connectivity index (χ2n) is 9.26. The molecule has 0 amide bonds. The fourth-order valence-corrected chi connectivity index (χ4v) is 5.39. The summed E-state index contributed by atoms with van der Waals surface area (Å²) in [5.41, 5.74) is 8.93. The van der Waals surface area contributed by atoms with Gasteiger partial charge in [0, 0.05) is 61.4 Å². The minimum atomic E-state index is -0.491. The molecule has 12 heteroatoms. The fourth-order valence-electron chi connectivity index (χ4n) is 4.72. The Kier molecular flexibility index (Phi) is 7.03. The number of fused-ring (bicyclic) bond motifs is 1. The quantitative estimate of drug-likeness (QED) is 0.323. The molecule has 5 rings (SSSR count). The number of nitrogens with zero attached hydrogens (tertiary/aromatic N) is 5. The van der Waals surface area contributed by atoms with E-state index in [9.17, 15) is 5.26 Å². The molecule has 0 unspecified atom stereocenters. The Labute approximate surface area is 229 Å². The second kappa shape index (κ2) is 10.3. The average molecular weight is 554 g/mol. The van der Waals surface area contributed by atoms with Crippen LogP contribution >= 0.6 is 23.2 Å². The molecule has 0 spiro atoms. The van der Waals surface area contributed by atoms with Crippen LogP contribution in [0, 0.1) is 11.3 Å². The highest BCUT2D eigenvalue weighted by atomic mass is 35.5. The summed E-state index contributed by atoms with van der Waals surface area (Å²) >= 11 is 12.7. The molecule has 3 aromatic heterocycles. The Balaban J connectivity index is 1.48. The van der Waals surface area contributed by atoms with Crippen LogP contribution in [-0.4, -0.2) is 59.6 Å². The number of aromatic amines is 1. The van der Waals surface area contributed by atoms with Crippen molar-refractivity contribution in [2.45, 2.75) is 18.6 Å². The number of halogens is 2. The molecule has 1 fully saturated rings. The van der Waals surface area contributed by atoms with Crippen LogP contribution in [0.3, 0.4) is 0 Å². The third-order valence-corrected chi connectivity index (χ3v) is 7.05. The van der Waals surface area contributed by atoms with Gasteiger partial charge in [0.2, 0.25) is 0 Å². The summed E-state index contributed by atoms with van der Waals surface area (Å²) in [6.45, 7) is 3.39. The van der Waals surface area contributed by atoms with Crippen molar-refractivity contribution < 1.29 is 14.2 Å². The number of methoxy groups -OCH3 is 2. The third kappa shape index (κ3) is 4.70. The van der Waals surface area contributed by atoms with Crippen molar-refractivity contribution in [1.82, 2.24) is 20.2 Å². The first-order chi connectivity index (χ1) is 18.3. The van der Waals surface area contributed by atoms with Crippen molar-refractivity contribution in [2.24, 2.45) is 5.73 Å². The van der Waals surface area contributed by atoms with Crippen LogP contribution in [0.2, 0.25) is 10.0 Å². The van der Waals surface area contributed by atoms with Gasteiger partial charge in [-0.25, -0.2) is 4.98 Å². The maximum atomic E-state index is 9.86. The molecule has 3 N–H and O–H groups in total. The zero-order valence-electron chi connectivity index (χ0n) is 21.0. The van der Waals surface area contributed by atoms with Crippen LogP contribution in [0.4, 0.5) is 5.82 Å². The normalized spacial score (nSPS) is 15.1. The number of pyridine rings is 2. The highest BCUT2D eigenvalue weighted by Gasteiger charge is 2.41. The predicted octanol–water partition coefficient (Wildman–Crippen LogP) is 4.51. The summed E-state index contributed by atoms with van der Waals surface area (Å²) in [6, 6.07) is 7.65. The first kappa shape index (κ1) is 26.0. The largest absolute Gasteiger partial charge is 0.493 e. The Morgan fingerprint density at radius 2 is 1.89 bits per heavy atom. The number of anilines is 1. The van der Waals surface area contributed by atoms with Gasteiger partial charge in [0.1, 0.15) is 23.7 Å². The Bertz CT molecular complexity index is 1530. The number of hydrogen-bond donors (Lipinski definition) is 2. The first-order valence-electron chi connectivity index (χ1n) is 11.7. The van der Waals surface area contributed by atoms with Crippen LogP contribution in [0.5, 0.6) is 11.5 Å². The molecule has 0 saturated carbocycles. The molecule has 4 heterocycles. The molecule has 196 valence electrons. The zero-order valence-corrected chi connectivity index (χ0v) is 22.5. The van der Waals surface area contributed by atoms with Crippen LogP contribution in [0.1, 0.15) is 24.2 Å². The maximum absolute atomic E-state index is 9.86. The van der Waals surface area contributed by atoms with Gasteiger partial charge in [-0.05, 0) is 19.1 Å². The van der Waals surface area contributed by atoms with Gasteiger partial charge in [0.25, 0.3) is 0 Å². The lowest BCUT2D eigenvalue weighted by Crippen LogP contribution is -2.70. The molecule has 10 nitrogen and oxygen atoms in total. The molecule has 4 aromatic rings. The van der Waals surface area contributed by atoms with E-state index in [1.54, 1.807) is 32.5 Å². The van der Waals surface area contributed by atoms with Gasteiger partial charge in [-0.1, -0.05) is 23.2 Å². The van der Waals surface area contributed by atoms with Crippen molar-refractivity contribution in [2.75, 3.05) is 38.8 Å². The molecule has 0 radical (unpaired) electrons. The Hall–Kier alpha value is -3.62. The molecular weight excluding hydrogens is 529 g/mol. The van der Waals surface area contributed by atoms with E-state index in [1.807, 2.05) is 17.9 Å². The Morgan fingerprint density at radius 3 is 2.55 bits per heavy atom. The van der Waals surface area contributed by atoms with Gasteiger partial charge in [-0.15, -0.1) is 0 Å². The van der Waals surface area contributed by atoms with Crippen molar-refractivity contribution in [1.29, 1.82) is 5.26 Å². The molecule has 1 aromatic carbocycles. The molecule has 38 heavy (non-hydrogen) atoms. The molecule has 0 bridgehead atoms. The van der Waals surface area contributed by atoms with E-state index < -0.39 is 11.6 Å². The van der Waals surface area contributed by atoms with Gasteiger partial charge in [-0.3, -0.25) is 10.1 Å². The number of H-pyrrole nitrogens is 1. The molecule has 1 aliphatic heterocycles. The third-order valence-electron chi connectivity index (χ3n) is 6.45. The predicted molar refractivity (Wildman–Crippen MR) is 145 cm³/mol. The van der Waals surface area contributed by atoms with Gasteiger partial charge in [0.05, 0.1) is 40.4 Å². The van der Waals surface area contributed by atoms with Gasteiger partial charge in [0.15, 0.2) is 11.5 Å². The van der Waals surface area contributed by atoms with Crippen molar-refractivity contribution in [3.8, 4) is 28.8 Å². The van der Waals surface area contributed by atoms with Crippen LogP contribution in [0.25, 0.3) is 22.2 Å². The van der Waals surface area contributed by atoms with Crippen LogP contribution in [-0.2, 0) is 4.74 Å². The summed E-state index contributed by atoms with van der Waals surface area (Å²) in [6.07, 6.45) is 4.25. The maximum Gasteiger partial charge on any atom is 0.162 e. The van der Waals surface area contributed by atoms with E-state index in [-0.39, 0.29) is 0 Å². The lowest BCUT2D eigenvalue weighted by atomic mass is 9.91. The van der Waals surface area contributed by atoms with E-state index >= 15 is 0 Å². The van der Waals surface area contributed by atoms with E-state index in [0.29, 0.717) is 69.4 Å². The van der Waals surface area contributed by atoms with E-state index in [0.717, 1.165) is 10.9 Å². The highest BCUT2D eigenvalue weighted by Crippen LogP contribution is 2.40. The minimum absolute atomic E-state index is 0.403. The van der Waals surface area contributed by atoms with Crippen molar-refractivity contribution in [3.05, 3.63) is 58.0 Å². The van der Waals surface area contributed by atoms with Gasteiger partial charge < -0.3 is 24.8 Å². The van der Waals surface area contributed by atoms with Crippen molar-refractivity contribution >= 4 is 39.9 Å². The topological polar surface area (TPSA) is 135 Å². The summed E-state index contributed by atoms with van der Waals surface area (Å²) in [7, 11) is 3.18. The number of aromatic nitrogens is 4. The highest BCUT2D eigenvalue weighted by molar-refractivity contribution is 6.35. The van der Waals surface area contributed by atoms with Gasteiger partial charge >= 0.3 is 0 Å². The number of nitrogens with two attached hydrogens (primary N) is 1.